The van der Waals surface area contributed by atoms with Gasteiger partial charge in [-0.1, -0.05) is 11.6 Å². The van der Waals surface area contributed by atoms with Crippen molar-refractivity contribution in [2.75, 3.05) is 12.9 Å². The normalized spacial score (nSPS) is 11.2. The molecule has 0 atom stereocenters. The fraction of sp³-hybridized carbons (Fsp3) is 0.300. The Kier molecular flexibility index (Phi) is 4.00. The van der Waals surface area contributed by atoms with Crippen molar-refractivity contribution in [3.8, 4) is 5.75 Å². The SMILES string of the molecule is COc1cc(C)c(Cl)cc1S(=O)(=O)CC(=O)O. The van der Waals surface area contributed by atoms with E-state index in [0.717, 1.165) is 0 Å². The molecule has 0 aliphatic heterocycles. The molecule has 0 heterocycles. The number of carboxylic acid groups (broad SMARTS) is 1. The minimum atomic E-state index is -3.95. The van der Waals surface area contributed by atoms with Crippen molar-refractivity contribution in [2.45, 2.75) is 11.8 Å². The number of aliphatic carboxylic acids is 1. The third-order valence-corrected chi connectivity index (χ3v) is 4.12. The lowest BCUT2D eigenvalue weighted by Crippen LogP contribution is -2.16. The van der Waals surface area contributed by atoms with Gasteiger partial charge >= 0.3 is 5.97 Å². The molecule has 1 rings (SSSR count). The number of halogens is 1. The van der Waals surface area contributed by atoms with E-state index in [1.54, 1.807) is 6.92 Å². The van der Waals surface area contributed by atoms with E-state index in [9.17, 15) is 13.2 Å². The number of hydrogen-bond donors (Lipinski definition) is 1. The highest BCUT2D eigenvalue weighted by atomic mass is 35.5. The van der Waals surface area contributed by atoms with Gasteiger partial charge in [0, 0.05) is 5.02 Å². The summed E-state index contributed by atoms with van der Waals surface area (Å²) >= 11 is 5.82. The minimum Gasteiger partial charge on any atom is -0.495 e. The van der Waals surface area contributed by atoms with Crippen LogP contribution in [0.3, 0.4) is 0 Å². The van der Waals surface area contributed by atoms with Crippen LogP contribution >= 0.6 is 11.6 Å². The standard InChI is InChI=1S/C10H11ClO5S/c1-6-3-8(16-2)9(4-7(6)11)17(14,15)5-10(12)13/h3-4H,5H2,1-2H3,(H,12,13). The van der Waals surface area contributed by atoms with E-state index in [1.807, 2.05) is 0 Å². The lowest BCUT2D eigenvalue weighted by Gasteiger charge is -2.10. The molecule has 0 aliphatic rings. The molecule has 0 radical (unpaired) electrons. The molecule has 0 amide bonds. The minimum absolute atomic E-state index is 0.0909. The van der Waals surface area contributed by atoms with Crippen LogP contribution in [0.2, 0.25) is 5.02 Å². The van der Waals surface area contributed by atoms with Gasteiger partial charge < -0.3 is 9.84 Å². The number of benzene rings is 1. The molecule has 17 heavy (non-hydrogen) atoms. The van der Waals surface area contributed by atoms with E-state index in [4.69, 9.17) is 21.4 Å². The first kappa shape index (κ1) is 13.8. The Morgan fingerprint density at radius 3 is 2.53 bits per heavy atom. The van der Waals surface area contributed by atoms with Crippen LogP contribution in [0.25, 0.3) is 0 Å². The first-order valence-corrected chi connectivity index (χ1v) is 6.59. The topological polar surface area (TPSA) is 80.7 Å². The highest BCUT2D eigenvalue weighted by Gasteiger charge is 2.24. The van der Waals surface area contributed by atoms with Crippen LogP contribution in [0.15, 0.2) is 17.0 Å². The predicted octanol–water partition coefficient (Wildman–Crippen LogP) is 1.52. The van der Waals surface area contributed by atoms with Gasteiger partial charge in [-0.15, -0.1) is 0 Å². The Balaban J connectivity index is 3.40. The average molecular weight is 279 g/mol. The largest absolute Gasteiger partial charge is 0.495 e. The average Bonchev–Trinajstić information content (AvgIpc) is 2.19. The fourth-order valence-corrected chi connectivity index (χ4v) is 2.73. The third kappa shape index (κ3) is 3.10. The second-order valence-corrected chi connectivity index (χ2v) is 5.77. The van der Waals surface area contributed by atoms with E-state index in [2.05, 4.69) is 0 Å². The van der Waals surface area contributed by atoms with Gasteiger partial charge in [0.2, 0.25) is 0 Å². The van der Waals surface area contributed by atoms with E-state index < -0.39 is 21.6 Å². The van der Waals surface area contributed by atoms with Crippen LogP contribution in [-0.4, -0.2) is 32.4 Å². The summed E-state index contributed by atoms with van der Waals surface area (Å²) < 4.78 is 28.5. The Labute approximate surface area is 104 Å². The molecule has 0 aromatic heterocycles. The van der Waals surface area contributed by atoms with Gasteiger partial charge in [0.05, 0.1) is 7.11 Å². The number of hydrogen-bond acceptors (Lipinski definition) is 4. The zero-order chi connectivity index (χ0) is 13.2. The molecule has 0 aliphatic carbocycles. The number of ether oxygens (including phenoxy) is 1. The quantitative estimate of drug-likeness (QED) is 0.903. The Bertz CT molecular complexity index is 550. The van der Waals surface area contributed by atoms with Crippen LogP contribution in [0.5, 0.6) is 5.75 Å². The summed E-state index contributed by atoms with van der Waals surface area (Å²) in [5.41, 5.74) is 0.651. The van der Waals surface area contributed by atoms with Crippen molar-refractivity contribution in [3.05, 3.63) is 22.7 Å². The van der Waals surface area contributed by atoms with Crippen molar-refractivity contribution in [3.63, 3.8) is 0 Å². The molecule has 1 aromatic carbocycles. The molecule has 0 bridgehead atoms. The predicted molar refractivity (Wildman–Crippen MR) is 62.4 cm³/mol. The second kappa shape index (κ2) is 4.93. The summed E-state index contributed by atoms with van der Waals surface area (Å²) in [5, 5.41) is 8.79. The Morgan fingerprint density at radius 1 is 1.47 bits per heavy atom. The van der Waals surface area contributed by atoms with Crippen LogP contribution < -0.4 is 4.74 Å². The first-order chi connectivity index (χ1) is 7.77. The highest BCUT2D eigenvalue weighted by Crippen LogP contribution is 2.30. The zero-order valence-corrected chi connectivity index (χ0v) is 10.8. The number of carboxylic acids is 1. The summed E-state index contributed by atoms with van der Waals surface area (Å²) in [7, 11) is -2.64. The van der Waals surface area contributed by atoms with Crippen molar-refractivity contribution in [1.29, 1.82) is 0 Å². The molecule has 0 saturated carbocycles. The number of rotatable bonds is 4. The van der Waals surface area contributed by atoms with Gasteiger partial charge in [0.15, 0.2) is 15.6 Å². The molecule has 0 saturated heterocycles. The molecule has 94 valence electrons. The molecular weight excluding hydrogens is 268 g/mol. The Hall–Kier alpha value is -1.27. The molecule has 0 fully saturated rings. The summed E-state index contributed by atoms with van der Waals surface area (Å²) in [5.74, 6) is -2.33. The summed E-state index contributed by atoms with van der Waals surface area (Å²) in [6.45, 7) is 1.69. The van der Waals surface area contributed by atoms with Gasteiger partial charge in [0.25, 0.3) is 0 Å². The summed E-state index contributed by atoms with van der Waals surface area (Å²) in [6.07, 6.45) is 0. The van der Waals surface area contributed by atoms with E-state index >= 15 is 0 Å². The van der Waals surface area contributed by atoms with Gasteiger partial charge in [-0.05, 0) is 24.6 Å². The molecular formula is C10H11ClO5S. The van der Waals surface area contributed by atoms with Crippen molar-refractivity contribution in [2.24, 2.45) is 0 Å². The van der Waals surface area contributed by atoms with E-state index in [-0.39, 0.29) is 15.7 Å². The van der Waals surface area contributed by atoms with Gasteiger partial charge in [-0.2, -0.15) is 0 Å². The number of methoxy groups -OCH3 is 1. The maximum absolute atomic E-state index is 11.8. The number of carbonyl (C=O) groups is 1. The van der Waals surface area contributed by atoms with Crippen LogP contribution in [0.1, 0.15) is 5.56 Å². The fourth-order valence-electron chi connectivity index (χ4n) is 1.28. The van der Waals surface area contributed by atoms with Crippen LogP contribution in [0, 0.1) is 6.92 Å². The van der Waals surface area contributed by atoms with Crippen molar-refractivity contribution in [1.82, 2.24) is 0 Å². The molecule has 0 spiro atoms. The van der Waals surface area contributed by atoms with E-state index in [1.165, 1.54) is 19.2 Å². The summed E-state index contributed by atoms with van der Waals surface area (Å²) in [6, 6.07) is 2.66. The third-order valence-electron chi connectivity index (χ3n) is 2.09. The maximum Gasteiger partial charge on any atom is 0.319 e. The smallest absolute Gasteiger partial charge is 0.319 e. The van der Waals surface area contributed by atoms with Crippen molar-refractivity contribution < 1.29 is 23.1 Å². The molecule has 5 nitrogen and oxygen atoms in total. The van der Waals surface area contributed by atoms with Crippen molar-refractivity contribution >= 4 is 27.4 Å². The van der Waals surface area contributed by atoms with Crippen LogP contribution in [-0.2, 0) is 14.6 Å². The molecule has 1 N–H and O–H groups in total. The van der Waals surface area contributed by atoms with Gasteiger partial charge in [-0.25, -0.2) is 8.42 Å². The van der Waals surface area contributed by atoms with E-state index in [0.29, 0.717) is 5.56 Å². The lowest BCUT2D eigenvalue weighted by atomic mass is 10.2. The number of sulfone groups is 1. The zero-order valence-electron chi connectivity index (χ0n) is 9.23. The maximum atomic E-state index is 11.8. The Morgan fingerprint density at radius 2 is 2.06 bits per heavy atom. The molecule has 0 unspecified atom stereocenters. The second-order valence-electron chi connectivity index (χ2n) is 3.41. The molecule has 1 aromatic rings. The monoisotopic (exact) mass is 278 g/mol. The highest BCUT2D eigenvalue weighted by molar-refractivity contribution is 7.92. The van der Waals surface area contributed by atoms with Gasteiger partial charge in [0.1, 0.15) is 10.6 Å². The number of aryl methyl sites for hydroxylation is 1. The molecule has 7 heteroatoms. The first-order valence-electron chi connectivity index (χ1n) is 4.56. The van der Waals surface area contributed by atoms with Crippen LogP contribution in [0.4, 0.5) is 0 Å². The lowest BCUT2D eigenvalue weighted by molar-refractivity contribution is -0.134. The summed E-state index contributed by atoms with van der Waals surface area (Å²) in [4.78, 5) is 10.3. The van der Waals surface area contributed by atoms with Gasteiger partial charge in [-0.3, -0.25) is 4.79 Å².